The number of methoxy groups -OCH3 is 1. The predicted octanol–water partition coefficient (Wildman–Crippen LogP) is 0.669. The molecular weight excluding hydrogens is 246 g/mol. The van der Waals surface area contributed by atoms with Crippen molar-refractivity contribution in [3.05, 3.63) is 17.8 Å². The van der Waals surface area contributed by atoms with Crippen molar-refractivity contribution in [3.63, 3.8) is 0 Å². The summed E-state index contributed by atoms with van der Waals surface area (Å²) in [4.78, 5) is 18.2. The van der Waals surface area contributed by atoms with Gasteiger partial charge in [0.25, 0.3) is 0 Å². The van der Waals surface area contributed by atoms with Crippen LogP contribution in [0.2, 0.25) is 0 Å². The number of pyridine rings is 1. The molecule has 2 heterocycles. The number of anilines is 1. The van der Waals surface area contributed by atoms with Crippen molar-refractivity contribution in [2.45, 2.75) is 6.92 Å². The summed E-state index contributed by atoms with van der Waals surface area (Å²) in [5.74, 6) is 0.514. The van der Waals surface area contributed by atoms with Crippen LogP contribution in [-0.2, 0) is 9.53 Å². The lowest BCUT2D eigenvalue weighted by atomic mass is 10.3. The van der Waals surface area contributed by atoms with Crippen molar-refractivity contribution >= 4 is 11.6 Å². The van der Waals surface area contributed by atoms with Crippen LogP contribution < -0.4 is 10.1 Å². The van der Waals surface area contributed by atoms with Crippen molar-refractivity contribution in [2.75, 3.05) is 45.3 Å². The molecule has 1 aliphatic heterocycles. The first-order valence-electron chi connectivity index (χ1n) is 6.30. The molecule has 0 atom stereocenters. The molecular formula is C13H19N3O3. The number of aromatic nitrogens is 1. The van der Waals surface area contributed by atoms with Crippen LogP contribution in [0.15, 0.2) is 12.1 Å². The summed E-state index contributed by atoms with van der Waals surface area (Å²) in [7, 11) is 1.57. The van der Waals surface area contributed by atoms with Crippen LogP contribution in [0.4, 0.5) is 5.69 Å². The average molecular weight is 265 g/mol. The van der Waals surface area contributed by atoms with E-state index >= 15 is 0 Å². The van der Waals surface area contributed by atoms with E-state index in [0.29, 0.717) is 25.6 Å². The highest BCUT2D eigenvalue weighted by Crippen LogP contribution is 2.16. The Morgan fingerprint density at radius 1 is 1.47 bits per heavy atom. The minimum atomic E-state index is -0.0306. The Bertz CT molecular complexity index is 445. The van der Waals surface area contributed by atoms with E-state index in [9.17, 15) is 4.79 Å². The second kappa shape index (κ2) is 6.49. The van der Waals surface area contributed by atoms with Gasteiger partial charge in [0.2, 0.25) is 11.8 Å². The van der Waals surface area contributed by atoms with Crippen LogP contribution in [-0.4, -0.2) is 55.7 Å². The van der Waals surface area contributed by atoms with E-state index in [-0.39, 0.29) is 5.91 Å². The minimum Gasteiger partial charge on any atom is -0.481 e. The van der Waals surface area contributed by atoms with Crippen molar-refractivity contribution < 1.29 is 14.3 Å². The molecule has 0 aliphatic carbocycles. The fourth-order valence-corrected chi connectivity index (χ4v) is 1.94. The molecule has 0 radical (unpaired) electrons. The maximum Gasteiger partial charge on any atom is 0.238 e. The topological polar surface area (TPSA) is 63.7 Å². The molecule has 19 heavy (non-hydrogen) atoms. The van der Waals surface area contributed by atoms with Gasteiger partial charge in [0, 0.05) is 19.2 Å². The second-order valence-electron chi connectivity index (χ2n) is 4.42. The summed E-state index contributed by atoms with van der Waals surface area (Å²) in [6, 6.07) is 3.54. The van der Waals surface area contributed by atoms with E-state index in [4.69, 9.17) is 9.47 Å². The summed E-state index contributed by atoms with van der Waals surface area (Å²) in [6.07, 6.45) is 0. The summed E-state index contributed by atoms with van der Waals surface area (Å²) in [5, 5.41) is 2.87. The molecule has 1 saturated heterocycles. The highest BCUT2D eigenvalue weighted by Gasteiger charge is 2.14. The van der Waals surface area contributed by atoms with E-state index in [1.807, 2.05) is 6.92 Å². The normalized spacial score (nSPS) is 16.1. The lowest BCUT2D eigenvalue weighted by molar-refractivity contribution is -0.118. The molecule has 0 unspecified atom stereocenters. The minimum absolute atomic E-state index is 0.0306. The summed E-state index contributed by atoms with van der Waals surface area (Å²) < 4.78 is 10.3. The molecule has 1 fully saturated rings. The Kier molecular flexibility index (Phi) is 4.70. The Balaban J connectivity index is 1.91. The number of rotatable bonds is 4. The molecule has 6 heteroatoms. The van der Waals surface area contributed by atoms with Gasteiger partial charge in [0.1, 0.15) is 0 Å². The number of morpholine rings is 1. The number of hydrogen-bond acceptors (Lipinski definition) is 5. The van der Waals surface area contributed by atoms with Crippen LogP contribution in [0.25, 0.3) is 0 Å². The molecule has 0 bridgehead atoms. The molecule has 0 spiro atoms. The van der Waals surface area contributed by atoms with Crippen molar-refractivity contribution in [3.8, 4) is 5.88 Å². The van der Waals surface area contributed by atoms with Crippen LogP contribution >= 0.6 is 0 Å². The van der Waals surface area contributed by atoms with E-state index in [1.54, 1.807) is 19.2 Å². The smallest absolute Gasteiger partial charge is 0.238 e. The van der Waals surface area contributed by atoms with Gasteiger partial charge in [-0.15, -0.1) is 0 Å². The number of nitrogens with one attached hydrogen (secondary N) is 1. The van der Waals surface area contributed by atoms with E-state index in [0.717, 1.165) is 24.5 Å². The quantitative estimate of drug-likeness (QED) is 0.867. The number of aryl methyl sites for hydroxylation is 1. The third-order valence-corrected chi connectivity index (χ3v) is 3.01. The molecule has 1 aromatic heterocycles. The van der Waals surface area contributed by atoms with Crippen LogP contribution in [0.1, 0.15) is 5.69 Å². The number of ether oxygens (including phenoxy) is 2. The number of carbonyl (C=O) groups excluding carboxylic acids is 1. The van der Waals surface area contributed by atoms with Crippen LogP contribution in [0.5, 0.6) is 5.88 Å². The average Bonchev–Trinajstić information content (AvgIpc) is 2.42. The molecule has 1 aliphatic rings. The van der Waals surface area contributed by atoms with Gasteiger partial charge in [0.15, 0.2) is 0 Å². The molecule has 104 valence electrons. The van der Waals surface area contributed by atoms with Gasteiger partial charge in [-0.1, -0.05) is 0 Å². The first-order chi connectivity index (χ1) is 9.19. The van der Waals surface area contributed by atoms with E-state index < -0.39 is 0 Å². The van der Waals surface area contributed by atoms with Crippen molar-refractivity contribution in [2.24, 2.45) is 0 Å². The largest absolute Gasteiger partial charge is 0.481 e. The number of amides is 1. The Morgan fingerprint density at radius 2 is 2.21 bits per heavy atom. The van der Waals surface area contributed by atoms with Crippen molar-refractivity contribution in [1.82, 2.24) is 9.88 Å². The fraction of sp³-hybridized carbons (Fsp3) is 0.538. The van der Waals surface area contributed by atoms with Gasteiger partial charge in [-0.2, -0.15) is 0 Å². The maximum atomic E-state index is 11.9. The number of nitrogens with zero attached hydrogens (tertiary/aromatic N) is 2. The third kappa shape index (κ3) is 3.90. The molecule has 1 aromatic rings. The molecule has 1 N–H and O–H groups in total. The lowest BCUT2D eigenvalue weighted by Gasteiger charge is -2.25. The number of hydrogen-bond donors (Lipinski definition) is 1. The van der Waals surface area contributed by atoms with Gasteiger partial charge in [-0.25, -0.2) is 4.98 Å². The molecule has 0 saturated carbocycles. The number of carbonyl (C=O) groups is 1. The SMILES string of the molecule is COc1ccc(NC(=O)CN2CCOCC2)c(C)n1. The zero-order valence-electron chi connectivity index (χ0n) is 11.3. The molecule has 6 nitrogen and oxygen atoms in total. The predicted molar refractivity (Wildman–Crippen MR) is 71.4 cm³/mol. The van der Waals surface area contributed by atoms with E-state index in [2.05, 4.69) is 15.2 Å². The highest BCUT2D eigenvalue weighted by atomic mass is 16.5. The third-order valence-electron chi connectivity index (χ3n) is 3.01. The Morgan fingerprint density at radius 3 is 2.84 bits per heavy atom. The maximum absolute atomic E-state index is 11.9. The standard InChI is InChI=1S/C13H19N3O3/c1-10-11(3-4-13(14-10)18-2)15-12(17)9-16-5-7-19-8-6-16/h3-4H,5-9H2,1-2H3,(H,15,17). The first kappa shape index (κ1) is 13.8. The van der Waals surface area contributed by atoms with Gasteiger partial charge >= 0.3 is 0 Å². The van der Waals surface area contributed by atoms with Gasteiger partial charge in [-0.05, 0) is 13.0 Å². The zero-order chi connectivity index (χ0) is 13.7. The molecule has 0 aromatic carbocycles. The Hall–Kier alpha value is -1.66. The summed E-state index contributed by atoms with van der Waals surface area (Å²) >= 11 is 0. The fourth-order valence-electron chi connectivity index (χ4n) is 1.94. The van der Waals surface area contributed by atoms with E-state index in [1.165, 1.54) is 0 Å². The monoisotopic (exact) mass is 265 g/mol. The highest BCUT2D eigenvalue weighted by molar-refractivity contribution is 5.92. The Labute approximate surface area is 112 Å². The van der Waals surface area contributed by atoms with Crippen molar-refractivity contribution in [1.29, 1.82) is 0 Å². The molecule has 1 amide bonds. The molecule has 2 rings (SSSR count). The van der Waals surface area contributed by atoms with Crippen LogP contribution in [0.3, 0.4) is 0 Å². The summed E-state index contributed by atoms with van der Waals surface area (Å²) in [5.41, 5.74) is 1.47. The van der Waals surface area contributed by atoms with Gasteiger partial charge in [0.05, 0.1) is 38.2 Å². The second-order valence-corrected chi connectivity index (χ2v) is 4.42. The first-order valence-corrected chi connectivity index (χ1v) is 6.30. The lowest BCUT2D eigenvalue weighted by Crippen LogP contribution is -2.41. The van der Waals surface area contributed by atoms with Crippen LogP contribution in [0, 0.1) is 6.92 Å². The van der Waals surface area contributed by atoms with Gasteiger partial charge < -0.3 is 14.8 Å². The van der Waals surface area contributed by atoms with Gasteiger partial charge in [-0.3, -0.25) is 9.69 Å². The summed E-state index contributed by atoms with van der Waals surface area (Å²) in [6.45, 7) is 5.20. The zero-order valence-corrected chi connectivity index (χ0v) is 11.3.